The third-order valence-electron chi connectivity index (χ3n) is 3.13. The van der Waals surface area contributed by atoms with Gasteiger partial charge in [0.2, 0.25) is 0 Å². The first-order chi connectivity index (χ1) is 9.24. The van der Waals surface area contributed by atoms with Crippen molar-refractivity contribution in [2.45, 2.75) is 13.5 Å². The van der Waals surface area contributed by atoms with E-state index in [0.717, 1.165) is 27.2 Å². The summed E-state index contributed by atoms with van der Waals surface area (Å²) in [6, 6.07) is 13.9. The topological polar surface area (TPSA) is 25.0 Å². The lowest BCUT2D eigenvalue weighted by atomic mass is 10.2. The number of aromatic amines is 1. The minimum atomic E-state index is 0.532. The molecule has 0 aliphatic heterocycles. The molecule has 1 N–H and O–H groups in total. The van der Waals surface area contributed by atoms with Crippen LogP contribution in [0, 0.1) is 6.92 Å². The Morgan fingerprint density at radius 1 is 1.16 bits per heavy atom. The van der Waals surface area contributed by atoms with Crippen LogP contribution in [0.2, 0.25) is 5.02 Å². The van der Waals surface area contributed by atoms with E-state index in [4.69, 9.17) is 16.3 Å². The quantitative estimate of drug-likeness (QED) is 0.733. The average molecular weight is 272 g/mol. The molecule has 0 aliphatic carbocycles. The van der Waals surface area contributed by atoms with Gasteiger partial charge in [-0.25, -0.2) is 0 Å². The molecule has 1 aromatic heterocycles. The van der Waals surface area contributed by atoms with E-state index >= 15 is 0 Å². The van der Waals surface area contributed by atoms with E-state index in [0.29, 0.717) is 6.61 Å². The van der Waals surface area contributed by atoms with Crippen LogP contribution in [0.25, 0.3) is 10.9 Å². The van der Waals surface area contributed by atoms with Crippen LogP contribution in [0.15, 0.2) is 48.7 Å². The van der Waals surface area contributed by atoms with Crippen molar-refractivity contribution in [2.75, 3.05) is 0 Å². The largest absolute Gasteiger partial charge is 0.489 e. The number of halogens is 1. The number of rotatable bonds is 3. The minimum Gasteiger partial charge on any atom is -0.489 e. The van der Waals surface area contributed by atoms with E-state index in [1.807, 2.05) is 42.6 Å². The Morgan fingerprint density at radius 3 is 2.84 bits per heavy atom. The summed E-state index contributed by atoms with van der Waals surface area (Å²) in [7, 11) is 0. The Balaban J connectivity index is 1.84. The molecule has 0 aliphatic rings. The van der Waals surface area contributed by atoms with Crippen molar-refractivity contribution in [1.29, 1.82) is 0 Å². The van der Waals surface area contributed by atoms with Crippen LogP contribution in [0.3, 0.4) is 0 Å². The summed E-state index contributed by atoms with van der Waals surface area (Å²) in [5, 5.41) is 1.85. The van der Waals surface area contributed by atoms with Crippen molar-refractivity contribution >= 4 is 22.5 Å². The number of hydrogen-bond acceptors (Lipinski definition) is 1. The average Bonchev–Trinajstić information content (AvgIpc) is 2.81. The van der Waals surface area contributed by atoms with Crippen LogP contribution in [0.5, 0.6) is 5.75 Å². The van der Waals surface area contributed by atoms with E-state index < -0.39 is 0 Å². The Morgan fingerprint density at radius 2 is 2.00 bits per heavy atom. The predicted molar refractivity (Wildman–Crippen MR) is 78.8 cm³/mol. The van der Waals surface area contributed by atoms with Crippen LogP contribution >= 0.6 is 11.6 Å². The Labute approximate surface area is 117 Å². The summed E-state index contributed by atoms with van der Waals surface area (Å²) in [5.74, 6) is 0.886. The number of hydrogen-bond donors (Lipinski definition) is 1. The lowest BCUT2D eigenvalue weighted by Crippen LogP contribution is -1.94. The fourth-order valence-electron chi connectivity index (χ4n) is 2.16. The van der Waals surface area contributed by atoms with Crippen molar-refractivity contribution in [1.82, 2.24) is 4.98 Å². The van der Waals surface area contributed by atoms with Gasteiger partial charge in [0.15, 0.2) is 0 Å². The van der Waals surface area contributed by atoms with Gasteiger partial charge in [-0.3, -0.25) is 0 Å². The summed E-state index contributed by atoms with van der Waals surface area (Å²) in [4.78, 5) is 3.19. The highest BCUT2D eigenvalue weighted by Crippen LogP contribution is 2.26. The van der Waals surface area contributed by atoms with Gasteiger partial charge < -0.3 is 9.72 Å². The number of aromatic nitrogens is 1. The molecule has 0 spiro atoms. The second kappa shape index (κ2) is 4.98. The van der Waals surface area contributed by atoms with Gasteiger partial charge in [0.1, 0.15) is 12.4 Å². The van der Waals surface area contributed by atoms with E-state index in [2.05, 4.69) is 18.0 Å². The summed E-state index contributed by atoms with van der Waals surface area (Å²) in [5.41, 5.74) is 3.27. The standard InChI is InChI=1S/C16H14ClNO/c1-11-4-2-5-13(8-11)19-10-12-9-18-16-14(12)6-3-7-15(16)17/h2-9,18H,10H2,1H3. The Bertz CT molecular complexity index is 718. The molecule has 2 nitrogen and oxygen atoms in total. The zero-order valence-corrected chi connectivity index (χ0v) is 11.4. The number of para-hydroxylation sites is 1. The van der Waals surface area contributed by atoms with Crippen LogP contribution in [-0.4, -0.2) is 4.98 Å². The second-order valence-electron chi connectivity index (χ2n) is 4.58. The maximum Gasteiger partial charge on any atom is 0.120 e. The Kier molecular flexibility index (Phi) is 3.18. The summed E-state index contributed by atoms with van der Waals surface area (Å²) >= 11 is 6.14. The highest BCUT2D eigenvalue weighted by molar-refractivity contribution is 6.35. The predicted octanol–water partition coefficient (Wildman–Crippen LogP) is 4.71. The van der Waals surface area contributed by atoms with Gasteiger partial charge in [-0.05, 0) is 30.7 Å². The van der Waals surface area contributed by atoms with Gasteiger partial charge in [0, 0.05) is 17.1 Å². The van der Waals surface area contributed by atoms with Crippen molar-refractivity contribution in [3.63, 3.8) is 0 Å². The van der Waals surface area contributed by atoms with Crippen molar-refractivity contribution in [2.24, 2.45) is 0 Å². The fraction of sp³-hybridized carbons (Fsp3) is 0.125. The lowest BCUT2D eigenvalue weighted by molar-refractivity contribution is 0.307. The maximum atomic E-state index is 6.14. The first kappa shape index (κ1) is 12.1. The smallest absolute Gasteiger partial charge is 0.120 e. The first-order valence-corrected chi connectivity index (χ1v) is 6.56. The zero-order chi connectivity index (χ0) is 13.2. The maximum absolute atomic E-state index is 6.14. The van der Waals surface area contributed by atoms with E-state index in [-0.39, 0.29) is 0 Å². The van der Waals surface area contributed by atoms with E-state index in [9.17, 15) is 0 Å². The number of H-pyrrole nitrogens is 1. The molecule has 19 heavy (non-hydrogen) atoms. The molecule has 0 bridgehead atoms. The first-order valence-electron chi connectivity index (χ1n) is 6.18. The van der Waals surface area contributed by atoms with Crippen LogP contribution in [0.4, 0.5) is 0 Å². The fourth-order valence-corrected chi connectivity index (χ4v) is 2.39. The molecule has 3 heteroatoms. The molecule has 3 rings (SSSR count). The highest BCUT2D eigenvalue weighted by atomic mass is 35.5. The van der Waals surface area contributed by atoms with Crippen molar-refractivity contribution < 1.29 is 4.74 Å². The number of fused-ring (bicyclic) bond motifs is 1. The van der Waals surface area contributed by atoms with E-state index in [1.165, 1.54) is 5.56 Å². The molecule has 3 aromatic rings. The molecule has 96 valence electrons. The minimum absolute atomic E-state index is 0.532. The van der Waals surface area contributed by atoms with Gasteiger partial charge in [-0.1, -0.05) is 35.9 Å². The Hall–Kier alpha value is -1.93. The SMILES string of the molecule is Cc1cccc(OCc2c[nH]c3c(Cl)cccc23)c1. The van der Waals surface area contributed by atoms with Gasteiger partial charge in [-0.2, -0.15) is 0 Å². The second-order valence-corrected chi connectivity index (χ2v) is 4.99. The number of benzene rings is 2. The lowest BCUT2D eigenvalue weighted by Gasteiger charge is -2.06. The van der Waals surface area contributed by atoms with Crippen LogP contribution in [-0.2, 0) is 6.61 Å². The van der Waals surface area contributed by atoms with Crippen LogP contribution in [0.1, 0.15) is 11.1 Å². The number of aryl methyl sites for hydroxylation is 1. The molecule has 2 aromatic carbocycles. The van der Waals surface area contributed by atoms with Crippen molar-refractivity contribution in [3.05, 3.63) is 64.8 Å². The van der Waals surface area contributed by atoms with Gasteiger partial charge >= 0.3 is 0 Å². The van der Waals surface area contributed by atoms with Gasteiger partial charge in [0.05, 0.1) is 10.5 Å². The molecule has 0 unspecified atom stereocenters. The molecule has 0 atom stereocenters. The summed E-state index contributed by atoms with van der Waals surface area (Å²) < 4.78 is 5.82. The third-order valence-corrected chi connectivity index (χ3v) is 3.45. The normalized spacial score (nSPS) is 10.8. The molecule has 0 amide bonds. The van der Waals surface area contributed by atoms with E-state index in [1.54, 1.807) is 0 Å². The van der Waals surface area contributed by atoms with Crippen LogP contribution < -0.4 is 4.74 Å². The monoisotopic (exact) mass is 271 g/mol. The van der Waals surface area contributed by atoms with Crippen molar-refractivity contribution in [3.8, 4) is 5.75 Å². The number of nitrogens with one attached hydrogen (secondary N) is 1. The molecule has 0 saturated carbocycles. The highest BCUT2D eigenvalue weighted by Gasteiger charge is 2.06. The molecule has 0 radical (unpaired) electrons. The molecule has 0 fully saturated rings. The molecular weight excluding hydrogens is 258 g/mol. The van der Waals surface area contributed by atoms with Gasteiger partial charge in [0.25, 0.3) is 0 Å². The third kappa shape index (κ3) is 2.45. The zero-order valence-electron chi connectivity index (χ0n) is 10.6. The molecular formula is C16H14ClNO. The molecule has 0 saturated heterocycles. The molecule has 1 heterocycles. The van der Waals surface area contributed by atoms with Gasteiger partial charge in [-0.15, -0.1) is 0 Å². The number of ether oxygens (including phenoxy) is 1. The summed E-state index contributed by atoms with van der Waals surface area (Å²) in [6.45, 7) is 2.59. The summed E-state index contributed by atoms with van der Waals surface area (Å²) in [6.07, 6.45) is 1.95.